The highest BCUT2D eigenvalue weighted by atomic mass is 15.3. The first-order valence-corrected chi connectivity index (χ1v) is 6.66. The first-order chi connectivity index (χ1) is 7.86. The molecule has 0 aliphatic heterocycles. The Morgan fingerprint density at radius 3 is 2.62 bits per heavy atom. The van der Waals surface area contributed by atoms with Crippen molar-refractivity contribution in [2.75, 3.05) is 5.32 Å². The smallest absolute Gasteiger partial charge is 0.0728 e. The van der Waals surface area contributed by atoms with E-state index in [0.29, 0.717) is 0 Å². The van der Waals surface area contributed by atoms with Crippen molar-refractivity contribution < 1.29 is 0 Å². The summed E-state index contributed by atoms with van der Waals surface area (Å²) in [5, 5.41) is 8.07. The minimum atomic E-state index is 0.735. The van der Waals surface area contributed by atoms with Gasteiger partial charge < -0.3 is 5.32 Å². The molecule has 3 nitrogen and oxygen atoms in total. The van der Waals surface area contributed by atoms with Gasteiger partial charge in [-0.1, -0.05) is 6.92 Å². The molecular formula is C13H21N3. The van der Waals surface area contributed by atoms with Gasteiger partial charge in [-0.05, 0) is 43.9 Å². The predicted molar refractivity (Wildman–Crippen MR) is 65.4 cm³/mol. The Balaban J connectivity index is 1.62. The number of aromatic nitrogens is 2. The van der Waals surface area contributed by atoms with Gasteiger partial charge in [-0.15, -0.1) is 0 Å². The van der Waals surface area contributed by atoms with Crippen LogP contribution in [0.15, 0.2) is 12.4 Å². The number of nitrogens with zero attached hydrogens (tertiary/aromatic N) is 2. The topological polar surface area (TPSA) is 29.9 Å². The Kier molecular flexibility index (Phi) is 2.62. The van der Waals surface area contributed by atoms with Crippen molar-refractivity contribution in [3.8, 4) is 0 Å². The van der Waals surface area contributed by atoms with Crippen molar-refractivity contribution in [2.24, 2.45) is 11.8 Å². The molecule has 1 aromatic heterocycles. The van der Waals surface area contributed by atoms with Crippen LogP contribution >= 0.6 is 0 Å². The minimum Gasteiger partial charge on any atom is -0.379 e. The van der Waals surface area contributed by atoms with Crippen LogP contribution < -0.4 is 5.32 Å². The van der Waals surface area contributed by atoms with E-state index in [4.69, 9.17) is 0 Å². The van der Waals surface area contributed by atoms with E-state index in [9.17, 15) is 0 Å². The van der Waals surface area contributed by atoms with Gasteiger partial charge in [0, 0.05) is 18.8 Å². The zero-order valence-electron chi connectivity index (χ0n) is 10.0. The van der Waals surface area contributed by atoms with E-state index in [1.54, 1.807) is 0 Å². The molecule has 88 valence electrons. The molecule has 1 aromatic rings. The van der Waals surface area contributed by atoms with Crippen LogP contribution in [0.25, 0.3) is 0 Å². The van der Waals surface area contributed by atoms with Crippen molar-refractivity contribution in [3.63, 3.8) is 0 Å². The molecule has 0 aromatic carbocycles. The number of anilines is 1. The zero-order chi connectivity index (χ0) is 11.0. The normalized spacial score (nSPS) is 20.4. The van der Waals surface area contributed by atoms with Crippen LogP contribution in [0.1, 0.15) is 39.0 Å². The Morgan fingerprint density at radius 2 is 2.06 bits per heavy atom. The van der Waals surface area contributed by atoms with Crippen molar-refractivity contribution in [3.05, 3.63) is 12.4 Å². The molecular weight excluding hydrogens is 198 g/mol. The highest BCUT2D eigenvalue weighted by Crippen LogP contribution is 2.45. The number of hydrogen-bond acceptors (Lipinski definition) is 2. The second-order valence-electron chi connectivity index (χ2n) is 5.34. The van der Waals surface area contributed by atoms with Crippen LogP contribution in [0.4, 0.5) is 5.69 Å². The molecule has 0 atom stereocenters. The summed E-state index contributed by atoms with van der Waals surface area (Å²) in [7, 11) is 0. The summed E-state index contributed by atoms with van der Waals surface area (Å²) in [4.78, 5) is 0. The molecule has 0 unspecified atom stereocenters. The summed E-state index contributed by atoms with van der Waals surface area (Å²) < 4.78 is 2.04. The third-order valence-corrected chi connectivity index (χ3v) is 3.68. The maximum atomic E-state index is 4.37. The van der Waals surface area contributed by atoms with Crippen LogP contribution in [0.2, 0.25) is 0 Å². The number of nitrogens with one attached hydrogen (secondary N) is 1. The van der Waals surface area contributed by atoms with Gasteiger partial charge in [0.15, 0.2) is 0 Å². The third kappa shape index (κ3) is 2.23. The van der Waals surface area contributed by atoms with Crippen LogP contribution in [0.3, 0.4) is 0 Å². The monoisotopic (exact) mass is 219 g/mol. The second-order valence-corrected chi connectivity index (χ2v) is 5.34. The molecule has 0 radical (unpaired) electrons. The maximum Gasteiger partial charge on any atom is 0.0728 e. The second kappa shape index (κ2) is 4.11. The van der Waals surface area contributed by atoms with Crippen LogP contribution in [-0.4, -0.2) is 15.8 Å². The lowest BCUT2D eigenvalue weighted by Crippen LogP contribution is -2.23. The van der Waals surface area contributed by atoms with E-state index in [-0.39, 0.29) is 0 Å². The quantitative estimate of drug-likeness (QED) is 0.797. The fourth-order valence-corrected chi connectivity index (χ4v) is 2.51. The number of rotatable bonds is 6. The molecule has 1 N–H and O–H groups in total. The van der Waals surface area contributed by atoms with Crippen LogP contribution in [0.5, 0.6) is 0 Å². The number of hydrogen-bond donors (Lipinski definition) is 1. The zero-order valence-corrected chi connectivity index (χ0v) is 10.0. The lowest BCUT2D eigenvalue weighted by Gasteiger charge is -2.17. The summed E-state index contributed by atoms with van der Waals surface area (Å²) in [5.74, 6) is 1.89. The average Bonchev–Trinajstić information content (AvgIpc) is 3.17. The van der Waals surface area contributed by atoms with E-state index in [2.05, 4.69) is 23.5 Å². The van der Waals surface area contributed by atoms with Crippen LogP contribution in [-0.2, 0) is 6.54 Å². The SMILES string of the molecule is CCCn1cc(NC(C2CC2)C2CC2)cn1. The van der Waals surface area contributed by atoms with Gasteiger partial charge in [0.25, 0.3) is 0 Å². The van der Waals surface area contributed by atoms with Crippen molar-refractivity contribution >= 4 is 5.69 Å². The molecule has 0 spiro atoms. The van der Waals surface area contributed by atoms with Gasteiger partial charge in [-0.3, -0.25) is 4.68 Å². The van der Waals surface area contributed by atoms with Gasteiger partial charge in [-0.25, -0.2) is 0 Å². The van der Waals surface area contributed by atoms with Gasteiger partial charge in [0.2, 0.25) is 0 Å². The fourth-order valence-electron chi connectivity index (χ4n) is 2.51. The molecule has 2 aliphatic carbocycles. The first-order valence-electron chi connectivity index (χ1n) is 6.66. The summed E-state index contributed by atoms with van der Waals surface area (Å²) in [6, 6.07) is 0.735. The van der Waals surface area contributed by atoms with Gasteiger partial charge in [-0.2, -0.15) is 5.10 Å². The van der Waals surface area contributed by atoms with Crippen molar-refractivity contribution in [2.45, 2.75) is 51.6 Å². The third-order valence-electron chi connectivity index (χ3n) is 3.68. The molecule has 2 aliphatic rings. The summed E-state index contributed by atoms with van der Waals surface area (Å²) in [5.41, 5.74) is 1.22. The Hall–Kier alpha value is -0.990. The van der Waals surface area contributed by atoms with Gasteiger partial charge in [0.05, 0.1) is 11.9 Å². The van der Waals surface area contributed by atoms with Crippen molar-refractivity contribution in [1.82, 2.24) is 9.78 Å². The fraction of sp³-hybridized carbons (Fsp3) is 0.769. The van der Waals surface area contributed by atoms with Crippen LogP contribution in [0, 0.1) is 11.8 Å². The lowest BCUT2D eigenvalue weighted by atomic mass is 10.1. The minimum absolute atomic E-state index is 0.735. The highest BCUT2D eigenvalue weighted by Gasteiger charge is 2.41. The molecule has 1 heterocycles. The molecule has 0 amide bonds. The van der Waals surface area contributed by atoms with Crippen molar-refractivity contribution in [1.29, 1.82) is 0 Å². The predicted octanol–water partition coefficient (Wildman–Crippen LogP) is 2.89. The standard InChI is InChI=1S/C13H21N3/c1-2-7-16-9-12(8-14-16)15-13(10-3-4-10)11-5-6-11/h8-11,13,15H,2-7H2,1H3. The Morgan fingerprint density at radius 1 is 1.38 bits per heavy atom. The lowest BCUT2D eigenvalue weighted by molar-refractivity contribution is 0.567. The summed E-state index contributed by atoms with van der Waals surface area (Å²) in [6.07, 6.45) is 11.0. The van der Waals surface area contributed by atoms with E-state index in [0.717, 1.165) is 30.8 Å². The summed E-state index contributed by atoms with van der Waals surface area (Å²) in [6.45, 7) is 3.21. The molecule has 2 saturated carbocycles. The largest absolute Gasteiger partial charge is 0.379 e. The highest BCUT2D eigenvalue weighted by molar-refractivity contribution is 5.40. The van der Waals surface area contributed by atoms with E-state index in [1.807, 2.05) is 10.9 Å². The maximum absolute atomic E-state index is 4.37. The average molecular weight is 219 g/mol. The Labute approximate surface area is 97.2 Å². The van der Waals surface area contributed by atoms with E-state index in [1.165, 1.54) is 31.4 Å². The molecule has 16 heavy (non-hydrogen) atoms. The molecule has 0 saturated heterocycles. The van der Waals surface area contributed by atoms with E-state index < -0.39 is 0 Å². The van der Waals surface area contributed by atoms with Gasteiger partial charge >= 0.3 is 0 Å². The molecule has 2 fully saturated rings. The molecule has 3 heteroatoms. The summed E-state index contributed by atoms with van der Waals surface area (Å²) >= 11 is 0. The number of aryl methyl sites for hydroxylation is 1. The van der Waals surface area contributed by atoms with Gasteiger partial charge in [0.1, 0.15) is 0 Å². The first kappa shape index (κ1) is 10.2. The Bertz CT molecular complexity index is 338. The molecule has 0 bridgehead atoms. The molecule has 3 rings (SSSR count). The van der Waals surface area contributed by atoms with E-state index >= 15 is 0 Å².